The first kappa shape index (κ1) is 19.7. The Balaban J connectivity index is 0.000000160. The maximum Gasteiger partial charge on any atom is 0.230 e. The quantitative estimate of drug-likeness (QED) is 0.514. The van der Waals surface area contributed by atoms with Gasteiger partial charge >= 0.3 is 0 Å². The zero-order valence-electron chi connectivity index (χ0n) is 12.9. The van der Waals surface area contributed by atoms with Crippen molar-refractivity contribution in [2.45, 2.75) is 23.6 Å². The highest BCUT2D eigenvalue weighted by Gasteiger charge is 2.38. The maximum atomic E-state index is 11.0. The van der Waals surface area contributed by atoms with Gasteiger partial charge in [0.15, 0.2) is 0 Å². The summed E-state index contributed by atoms with van der Waals surface area (Å²) in [5, 5.41) is 0.947. The fraction of sp³-hybridized carbons (Fsp3) is 0.571. The summed E-state index contributed by atoms with van der Waals surface area (Å²) in [7, 11) is 3.90. The van der Waals surface area contributed by atoms with E-state index in [0.717, 1.165) is 36.7 Å². The van der Waals surface area contributed by atoms with Gasteiger partial charge in [-0.05, 0) is 29.6 Å². The average molecular weight is 408 g/mol. The Hall–Kier alpha value is 0.330. The maximum absolute atomic E-state index is 11.0. The third-order valence-electron chi connectivity index (χ3n) is 4.10. The molecule has 4 aliphatic heterocycles. The van der Waals surface area contributed by atoms with Gasteiger partial charge in [-0.3, -0.25) is 9.59 Å². The van der Waals surface area contributed by atoms with Crippen molar-refractivity contribution < 1.29 is 9.59 Å². The van der Waals surface area contributed by atoms with Crippen molar-refractivity contribution in [2.75, 3.05) is 23.8 Å². The molecule has 0 aromatic carbocycles. The Morgan fingerprint density at radius 3 is 1.61 bits per heavy atom. The SMILES string of the molecule is O=C1C[C@H]2SCC(C[PH3+])=CN12.O=C1C[C@H]2SCC(C[PH3+])=CN12.[S-2]. The highest BCUT2D eigenvalue weighted by Crippen LogP contribution is 2.36. The van der Waals surface area contributed by atoms with Crippen LogP contribution in [0.5, 0.6) is 0 Å². The summed E-state index contributed by atoms with van der Waals surface area (Å²) < 4.78 is 0. The monoisotopic (exact) mass is 408 g/mol. The molecule has 0 aromatic heterocycles. The van der Waals surface area contributed by atoms with Crippen molar-refractivity contribution in [1.29, 1.82) is 0 Å². The second kappa shape index (κ2) is 8.62. The fourth-order valence-corrected chi connectivity index (χ4v) is 6.11. The van der Waals surface area contributed by atoms with Crippen LogP contribution in [0.3, 0.4) is 0 Å². The lowest BCUT2D eigenvalue weighted by molar-refractivity contribution is -0.138. The molecule has 2 saturated heterocycles. The molecule has 2 amide bonds. The molecule has 0 saturated carbocycles. The standard InChI is InChI=1S/2C7H10NOPS.S/c2*9-6-1-7-8(6)2-5(3-10)4-11-7;/h2*2,7H,1,3-4,10H2;/q;;-2/p+2/t2*7-;/m11./s1. The van der Waals surface area contributed by atoms with E-state index in [-0.39, 0.29) is 25.3 Å². The highest BCUT2D eigenvalue weighted by molar-refractivity contribution is 8.00. The van der Waals surface area contributed by atoms with Crippen molar-refractivity contribution in [2.24, 2.45) is 0 Å². The second-order valence-corrected chi connectivity index (χ2v) is 8.95. The van der Waals surface area contributed by atoms with Crippen LogP contribution in [0.1, 0.15) is 12.8 Å². The van der Waals surface area contributed by atoms with Crippen molar-refractivity contribution in [3.05, 3.63) is 23.5 Å². The lowest BCUT2D eigenvalue weighted by Crippen LogP contribution is -2.49. The molecule has 0 spiro atoms. The van der Waals surface area contributed by atoms with Crippen LogP contribution in [-0.4, -0.2) is 56.2 Å². The fourth-order valence-electron chi connectivity index (χ4n) is 2.54. The second-order valence-electron chi connectivity index (χ2n) is 5.62. The van der Waals surface area contributed by atoms with Crippen LogP contribution in [0.25, 0.3) is 0 Å². The van der Waals surface area contributed by atoms with Gasteiger partial charge in [-0.2, -0.15) is 0 Å². The van der Waals surface area contributed by atoms with Gasteiger partial charge in [0.2, 0.25) is 11.8 Å². The van der Waals surface area contributed by atoms with Crippen molar-refractivity contribution >= 4 is 67.3 Å². The molecule has 0 N–H and O–H groups in total. The Morgan fingerprint density at radius 1 is 0.913 bits per heavy atom. The third kappa shape index (κ3) is 4.30. The number of β-lactam (4-membered cyclic amide) rings is 2. The minimum atomic E-state index is 0. The van der Waals surface area contributed by atoms with Crippen molar-refractivity contribution in [3.63, 3.8) is 0 Å². The first-order chi connectivity index (χ1) is 10.6. The van der Waals surface area contributed by atoms with E-state index in [1.807, 2.05) is 64.2 Å². The Bertz CT molecular complexity index is 508. The van der Waals surface area contributed by atoms with E-state index in [1.165, 1.54) is 11.1 Å². The molecular weight excluding hydrogens is 386 g/mol. The largest absolute Gasteiger partial charge is 2.00 e. The molecule has 4 atom stereocenters. The Morgan fingerprint density at radius 2 is 1.30 bits per heavy atom. The Labute approximate surface area is 157 Å². The zero-order valence-corrected chi connectivity index (χ0v) is 18.2. The molecule has 128 valence electrons. The lowest BCUT2D eigenvalue weighted by Gasteiger charge is -2.40. The summed E-state index contributed by atoms with van der Waals surface area (Å²) in [6.45, 7) is 0. The first-order valence-electron chi connectivity index (χ1n) is 7.45. The van der Waals surface area contributed by atoms with E-state index in [0.29, 0.717) is 10.7 Å². The Kier molecular flexibility index (Phi) is 7.37. The van der Waals surface area contributed by atoms with Crippen LogP contribution < -0.4 is 0 Å². The molecule has 0 aromatic rings. The molecule has 0 radical (unpaired) electrons. The number of carbonyl (C=O) groups is 2. The molecule has 4 heterocycles. The van der Waals surface area contributed by atoms with Gasteiger partial charge < -0.3 is 23.3 Å². The zero-order chi connectivity index (χ0) is 15.7. The number of rotatable bonds is 2. The smallest absolute Gasteiger partial charge is 0.230 e. The molecule has 2 unspecified atom stereocenters. The van der Waals surface area contributed by atoms with E-state index in [4.69, 9.17) is 0 Å². The minimum absolute atomic E-state index is 0. The molecular formula is C14H22N2O2P2S3. The average Bonchev–Trinajstić information content (AvgIpc) is 2.54. The van der Waals surface area contributed by atoms with Gasteiger partial charge in [0, 0.05) is 23.9 Å². The predicted molar refractivity (Wildman–Crippen MR) is 111 cm³/mol. The molecule has 4 rings (SSSR count). The highest BCUT2D eigenvalue weighted by atomic mass is 32.2. The molecule has 0 bridgehead atoms. The van der Waals surface area contributed by atoms with E-state index in [1.54, 1.807) is 0 Å². The van der Waals surface area contributed by atoms with Gasteiger partial charge in [0.05, 0.1) is 35.9 Å². The molecule has 9 heteroatoms. The summed E-state index contributed by atoms with van der Waals surface area (Å²) in [5.74, 6) is 2.82. The number of fused-ring (bicyclic) bond motifs is 2. The molecule has 4 aliphatic rings. The summed E-state index contributed by atoms with van der Waals surface area (Å²) in [4.78, 5) is 25.7. The topological polar surface area (TPSA) is 40.6 Å². The van der Waals surface area contributed by atoms with Gasteiger partial charge in [0.25, 0.3) is 0 Å². The van der Waals surface area contributed by atoms with Crippen LogP contribution in [0.4, 0.5) is 0 Å². The van der Waals surface area contributed by atoms with Gasteiger partial charge in [-0.15, -0.1) is 23.5 Å². The van der Waals surface area contributed by atoms with E-state index in [9.17, 15) is 9.59 Å². The van der Waals surface area contributed by atoms with Crippen molar-refractivity contribution in [1.82, 2.24) is 9.80 Å². The number of nitrogens with zero attached hydrogens (tertiary/aromatic N) is 2. The summed E-state index contributed by atoms with van der Waals surface area (Å²) in [6, 6.07) is 0. The molecule has 4 nitrogen and oxygen atoms in total. The van der Waals surface area contributed by atoms with E-state index < -0.39 is 0 Å². The first-order valence-corrected chi connectivity index (χ1v) is 11.5. The third-order valence-corrected chi connectivity index (χ3v) is 8.02. The van der Waals surface area contributed by atoms with E-state index >= 15 is 0 Å². The van der Waals surface area contributed by atoms with Gasteiger partial charge in [-0.25, -0.2) is 0 Å². The number of hydrogen-bond acceptors (Lipinski definition) is 4. The van der Waals surface area contributed by atoms with Crippen LogP contribution in [0.15, 0.2) is 23.5 Å². The normalized spacial score (nSPS) is 28.2. The van der Waals surface area contributed by atoms with E-state index in [2.05, 4.69) is 0 Å². The molecule has 23 heavy (non-hydrogen) atoms. The summed E-state index contributed by atoms with van der Waals surface area (Å²) >= 11 is 3.78. The lowest BCUT2D eigenvalue weighted by atomic mass is 10.2. The van der Waals surface area contributed by atoms with Crippen LogP contribution in [0, 0.1) is 0 Å². The van der Waals surface area contributed by atoms with Crippen LogP contribution in [0.2, 0.25) is 0 Å². The van der Waals surface area contributed by atoms with Gasteiger partial charge in [0.1, 0.15) is 0 Å². The van der Waals surface area contributed by atoms with Gasteiger partial charge in [-0.1, -0.05) is 0 Å². The van der Waals surface area contributed by atoms with Crippen molar-refractivity contribution in [3.8, 4) is 0 Å². The summed E-state index contributed by atoms with van der Waals surface area (Å²) in [6.07, 6.45) is 7.79. The predicted octanol–water partition coefficient (Wildman–Crippen LogP) is 1.56. The minimum Gasteiger partial charge on any atom is -2.00 e. The summed E-state index contributed by atoms with van der Waals surface area (Å²) in [5.41, 5.74) is 2.80. The number of thioether (sulfide) groups is 2. The number of amides is 2. The molecule has 0 aliphatic carbocycles. The van der Waals surface area contributed by atoms with Crippen LogP contribution >= 0.6 is 42.0 Å². The molecule has 2 fully saturated rings. The number of carbonyl (C=O) groups excluding carboxylic acids is 2. The van der Waals surface area contributed by atoms with Crippen LogP contribution in [-0.2, 0) is 23.1 Å². The number of hydrogen-bond donors (Lipinski definition) is 0.